The molecule has 2 aromatic rings. The first-order valence-electron chi connectivity index (χ1n) is 8.85. The molecule has 1 saturated carbocycles. The van der Waals surface area contributed by atoms with Crippen LogP contribution >= 0.6 is 0 Å². The number of aryl methyl sites for hydroxylation is 1. The van der Waals surface area contributed by atoms with Crippen molar-refractivity contribution in [3.8, 4) is 0 Å². The molecule has 1 fully saturated rings. The van der Waals surface area contributed by atoms with Gasteiger partial charge in [-0.1, -0.05) is 33.1 Å². The van der Waals surface area contributed by atoms with Crippen molar-refractivity contribution < 1.29 is 4.42 Å². The van der Waals surface area contributed by atoms with Gasteiger partial charge in [-0.25, -0.2) is 4.79 Å². The zero-order chi connectivity index (χ0) is 16.4. The van der Waals surface area contributed by atoms with E-state index in [9.17, 15) is 4.79 Å². The molecule has 0 radical (unpaired) electrons. The van der Waals surface area contributed by atoms with Gasteiger partial charge in [0.2, 0.25) is 0 Å². The summed E-state index contributed by atoms with van der Waals surface area (Å²) >= 11 is 0. The molecule has 0 amide bonds. The fourth-order valence-electron chi connectivity index (χ4n) is 3.72. The molecule has 23 heavy (non-hydrogen) atoms. The molecule has 1 aromatic carbocycles. The topological polar surface area (TPSA) is 42.2 Å². The number of rotatable bonds is 4. The normalized spacial score (nSPS) is 16.3. The van der Waals surface area contributed by atoms with Crippen molar-refractivity contribution >= 4 is 11.0 Å². The van der Waals surface area contributed by atoms with E-state index in [0.717, 1.165) is 17.5 Å². The molecule has 124 valence electrons. The van der Waals surface area contributed by atoms with E-state index in [0.29, 0.717) is 17.5 Å². The molecule has 3 rings (SSSR count). The fourth-order valence-corrected chi connectivity index (χ4v) is 3.72. The van der Waals surface area contributed by atoms with Crippen LogP contribution in [0.3, 0.4) is 0 Å². The van der Waals surface area contributed by atoms with Gasteiger partial charge in [-0.3, -0.25) is 0 Å². The second-order valence-electron chi connectivity index (χ2n) is 7.17. The van der Waals surface area contributed by atoms with Crippen molar-refractivity contribution in [1.82, 2.24) is 5.32 Å². The summed E-state index contributed by atoms with van der Waals surface area (Å²) in [6.45, 7) is 7.23. The highest BCUT2D eigenvalue weighted by Crippen LogP contribution is 2.27. The number of hydrogen-bond donors (Lipinski definition) is 1. The molecule has 3 nitrogen and oxygen atoms in total. The highest BCUT2D eigenvalue weighted by Gasteiger charge is 2.15. The van der Waals surface area contributed by atoms with Crippen LogP contribution in [0.15, 0.2) is 27.4 Å². The lowest BCUT2D eigenvalue weighted by molar-refractivity contribution is 0.372. The smallest absolute Gasteiger partial charge is 0.336 e. The van der Waals surface area contributed by atoms with Crippen LogP contribution in [-0.4, -0.2) is 6.04 Å². The Labute approximate surface area is 138 Å². The molecule has 1 aliphatic rings. The van der Waals surface area contributed by atoms with Crippen LogP contribution in [0.25, 0.3) is 11.0 Å². The van der Waals surface area contributed by atoms with Crippen molar-refractivity contribution in [3.63, 3.8) is 0 Å². The van der Waals surface area contributed by atoms with E-state index in [1.807, 2.05) is 6.07 Å². The van der Waals surface area contributed by atoms with Crippen LogP contribution in [0.2, 0.25) is 0 Å². The standard InChI is InChI=1S/C20H27NO2/c1-13(2)17-11-18-15(12-21-16-7-5-4-6-8-16)10-20(22)23-19(18)9-14(17)3/h9-11,13,16,21H,4-8,12H2,1-3H3. The third-order valence-corrected chi connectivity index (χ3v) is 5.03. The van der Waals surface area contributed by atoms with Gasteiger partial charge in [0.1, 0.15) is 5.58 Å². The molecule has 1 N–H and O–H groups in total. The monoisotopic (exact) mass is 313 g/mol. The molecule has 1 aliphatic carbocycles. The number of fused-ring (bicyclic) bond motifs is 1. The molecule has 0 atom stereocenters. The third-order valence-electron chi connectivity index (χ3n) is 5.03. The maximum Gasteiger partial charge on any atom is 0.336 e. The quantitative estimate of drug-likeness (QED) is 0.836. The van der Waals surface area contributed by atoms with Gasteiger partial charge in [-0.05, 0) is 54.5 Å². The van der Waals surface area contributed by atoms with Gasteiger partial charge < -0.3 is 9.73 Å². The summed E-state index contributed by atoms with van der Waals surface area (Å²) < 4.78 is 5.43. The average molecular weight is 313 g/mol. The van der Waals surface area contributed by atoms with E-state index in [2.05, 4.69) is 32.2 Å². The Bertz CT molecular complexity index is 739. The van der Waals surface area contributed by atoms with Crippen molar-refractivity contribution in [2.75, 3.05) is 0 Å². The number of benzene rings is 1. The summed E-state index contributed by atoms with van der Waals surface area (Å²) in [5.74, 6) is 0.463. The van der Waals surface area contributed by atoms with Crippen LogP contribution < -0.4 is 10.9 Å². The van der Waals surface area contributed by atoms with Crippen LogP contribution in [0.1, 0.15) is 68.6 Å². The molecule has 0 spiro atoms. The molecular formula is C20H27NO2. The summed E-state index contributed by atoms with van der Waals surface area (Å²) in [5.41, 5.74) is 4.02. The Kier molecular flexibility index (Phi) is 4.86. The van der Waals surface area contributed by atoms with E-state index >= 15 is 0 Å². The highest BCUT2D eigenvalue weighted by molar-refractivity contribution is 5.82. The Morgan fingerprint density at radius 2 is 1.91 bits per heavy atom. The maximum atomic E-state index is 11.9. The van der Waals surface area contributed by atoms with Crippen molar-refractivity contribution in [1.29, 1.82) is 0 Å². The van der Waals surface area contributed by atoms with E-state index in [4.69, 9.17) is 4.42 Å². The van der Waals surface area contributed by atoms with Crippen molar-refractivity contribution in [3.05, 3.63) is 45.3 Å². The molecule has 1 heterocycles. The minimum Gasteiger partial charge on any atom is -0.423 e. The van der Waals surface area contributed by atoms with Gasteiger partial charge in [0.15, 0.2) is 0 Å². The van der Waals surface area contributed by atoms with Crippen LogP contribution in [0.4, 0.5) is 0 Å². The van der Waals surface area contributed by atoms with Crippen LogP contribution in [-0.2, 0) is 6.54 Å². The zero-order valence-electron chi connectivity index (χ0n) is 14.4. The lowest BCUT2D eigenvalue weighted by Gasteiger charge is -2.23. The largest absolute Gasteiger partial charge is 0.423 e. The zero-order valence-corrected chi connectivity index (χ0v) is 14.4. The van der Waals surface area contributed by atoms with E-state index in [-0.39, 0.29) is 5.63 Å². The summed E-state index contributed by atoms with van der Waals surface area (Å²) in [4.78, 5) is 11.9. The first-order chi connectivity index (χ1) is 11.0. The van der Waals surface area contributed by atoms with Crippen LogP contribution in [0, 0.1) is 6.92 Å². The average Bonchev–Trinajstić information content (AvgIpc) is 2.52. The molecule has 0 unspecified atom stereocenters. The lowest BCUT2D eigenvalue weighted by atomic mass is 9.94. The summed E-state index contributed by atoms with van der Waals surface area (Å²) in [7, 11) is 0. The minimum atomic E-state index is -0.255. The number of nitrogens with one attached hydrogen (secondary N) is 1. The third kappa shape index (κ3) is 3.66. The van der Waals surface area contributed by atoms with E-state index < -0.39 is 0 Å². The Balaban J connectivity index is 1.94. The van der Waals surface area contributed by atoms with Crippen molar-refractivity contribution in [2.45, 2.75) is 71.4 Å². The first kappa shape index (κ1) is 16.3. The summed E-state index contributed by atoms with van der Waals surface area (Å²) in [5, 5.41) is 4.71. The second kappa shape index (κ2) is 6.88. The fraction of sp³-hybridized carbons (Fsp3) is 0.550. The Morgan fingerprint density at radius 3 is 2.61 bits per heavy atom. The highest BCUT2D eigenvalue weighted by atomic mass is 16.4. The minimum absolute atomic E-state index is 0.255. The van der Waals surface area contributed by atoms with Crippen LogP contribution in [0.5, 0.6) is 0 Å². The van der Waals surface area contributed by atoms with Gasteiger partial charge in [-0.2, -0.15) is 0 Å². The van der Waals surface area contributed by atoms with Gasteiger partial charge in [0.05, 0.1) is 0 Å². The molecule has 0 saturated heterocycles. The van der Waals surface area contributed by atoms with E-state index in [1.54, 1.807) is 6.07 Å². The summed E-state index contributed by atoms with van der Waals surface area (Å²) in [6.07, 6.45) is 6.47. The molecule has 0 aliphatic heterocycles. The Morgan fingerprint density at radius 1 is 1.17 bits per heavy atom. The summed E-state index contributed by atoms with van der Waals surface area (Å²) in [6, 6.07) is 6.45. The SMILES string of the molecule is Cc1cc2oc(=O)cc(CNC3CCCCC3)c2cc1C(C)C. The molecular weight excluding hydrogens is 286 g/mol. The van der Waals surface area contributed by atoms with Gasteiger partial charge in [-0.15, -0.1) is 0 Å². The molecule has 0 bridgehead atoms. The van der Waals surface area contributed by atoms with E-state index in [1.165, 1.54) is 43.2 Å². The maximum absolute atomic E-state index is 11.9. The number of hydrogen-bond acceptors (Lipinski definition) is 3. The van der Waals surface area contributed by atoms with Gasteiger partial charge in [0.25, 0.3) is 0 Å². The first-order valence-corrected chi connectivity index (χ1v) is 8.85. The van der Waals surface area contributed by atoms with Gasteiger partial charge >= 0.3 is 5.63 Å². The van der Waals surface area contributed by atoms with Gasteiger partial charge in [0, 0.05) is 24.0 Å². The predicted octanol–water partition coefficient (Wildman–Crippen LogP) is 4.65. The Hall–Kier alpha value is -1.61. The lowest BCUT2D eigenvalue weighted by Crippen LogP contribution is -2.30. The molecule has 3 heteroatoms. The van der Waals surface area contributed by atoms with Crippen molar-refractivity contribution in [2.24, 2.45) is 0 Å². The molecule has 1 aromatic heterocycles. The second-order valence-corrected chi connectivity index (χ2v) is 7.17. The predicted molar refractivity (Wildman–Crippen MR) is 95.0 cm³/mol.